The van der Waals surface area contributed by atoms with Gasteiger partial charge in [-0.3, -0.25) is 9.59 Å². The number of nitrogens with one attached hydrogen (secondary N) is 1. The molecular weight excluding hydrogens is 292 g/mol. The molecule has 2 rings (SSSR count). The van der Waals surface area contributed by atoms with Crippen molar-refractivity contribution >= 4 is 34.9 Å². The standard InChI is InChI=1S/C14H20N2O2S2/c1-9(2)6-11(13(18)15-3)16-12(17)8-20-14(16)10-4-5-19-7-10/h4-5,7,9,11,14H,6,8H2,1-3H3,(H,15,18)/t11-,14+/m0/s1. The monoisotopic (exact) mass is 312 g/mol. The van der Waals surface area contributed by atoms with Crippen LogP contribution in [0.15, 0.2) is 16.8 Å². The van der Waals surface area contributed by atoms with Crippen LogP contribution in [-0.2, 0) is 9.59 Å². The molecule has 1 aromatic heterocycles. The summed E-state index contributed by atoms with van der Waals surface area (Å²) in [5.74, 6) is 0.792. The van der Waals surface area contributed by atoms with E-state index in [-0.39, 0.29) is 23.2 Å². The molecule has 1 aliphatic heterocycles. The fourth-order valence-electron chi connectivity index (χ4n) is 2.41. The zero-order valence-corrected chi connectivity index (χ0v) is 13.6. The van der Waals surface area contributed by atoms with E-state index in [0.717, 1.165) is 5.56 Å². The summed E-state index contributed by atoms with van der Waals surface area (Å²) >= 11 is 3.22. The molecule has 1 N–H and O–H groups in total. The minimum absolute atomic E-state index is 0.0326. The smallest absolute Gasteiger partial charge is 0.242 e. The molecule has 1 saturated heterocycles. The second-order valence-corrected chi connectivity index (χ2v) is 7.13. The third-order valence-corrected chi connectivity index (χ3v) is 5.24. The Morgan fingerprint density at radius 2 is 2.30 bits per heavy atom. The Hall–Kier alpha value is -1.01. The molecule has 0 spiro atoms. The number of nitrogens with zero attached hydrogens (tertiary/aromatic N) is 1. The summed E-state index contributed by atoms with van der Waals surface area (Å²) in [6.45, 7) is 4.15. The largest absolute Gasteiger partial charge is 0.357 e. The SMILES string of the molecule is CNC(=O)[C@H](CC(C)C)N1C(=O)CS[C@@H]1c1ccsc1. The zero-order valence-electron chi connectivity index (χ0n) is 12.0. The minimum Gasteiger partial charge on any atom is -0.357 e. The van der Waals surface area contributed by atoms with Gasteiger partial charge in [-0.1, -0.05) is 13.8 Å². The Kier molecular flexibility index (Phi) is 5.10. The van der Waals surface area contributed by atoms with E-state index in [0.29, 0.717) is 18.1 Å². The molecule has 0 aromatic carbocycles. The van der Waals surface area contributed by atoms with Crippen LogP contribution in [-0.4, -0.2) is 35.6 Å². The number of thioether (sulfide) groups is 1. The van der Waals surface area contributed by atoms with Gasteiger partial charge in [0.25, 0.3) is 0 Å². The number of hydrogen-bond acceptors (Lipinski definition) is 4. The Bertz CT molecular complexity index is 474. The maximum absolute atomic E-state index is 12.3. The lowest BCUT2D eigenvalue weighted by molar-refractivity contribution is -0.139. The van der Waals surface area contributed by atoms with Crippen molar-refractivity contribution in [3.63, 3.8) is 0 Å². The van der Waals surface area contributed by atoms with Crippen LogP contribution in [0.5, 0.6) is 0 Å². The maximum Gasteiger partial charge on any atom is 0.242 e. The molecule has 1 aliphatic rings. The fourth-order valence-corrected chi connectivity index (χ4v) is 4.38. The van der Waals surface area contributed by atoms with Crippen LogP contribution >= 0.6 is 23.1 Å². The van der Waals surface area contributed by atoms with Crippen LogP contribution in [0.2, 0.25) is 0 Å². The Balaban J connectivity index is 2.28. The number of likely N-dealkylation sites (N-methyl/N-ethyl adjacent to an activating group) is 1. The molecule has 0 radical (unpaired) electrons. The van der Waals surface area contributed by atoms with E-state index in [4.69, 9.17) is 0 Å². The zero-order chi connectivity index (χ0) is 14.7. The molecule has 4 nitrogen and oxygen atoms in total. The molecule has 0 saturated carbocycles. The molecule has 20 heavy (non-hydrogen) atoms. The second kappa shape index (κ2) is 6.63. The first-order valence-electron chi connectivity index (χ1n) is 6.71. The average molecular weight is 312 g/mol. The highest BCUT2D eigenvalue weighted by atomic mass is 32.2. The molecule has 2 atom stereocenters. The Morgan fingerprint density at radius 1 is 1.55 bits per heavy atom. The van der Waals surface area contributed by atoms with Gasteiger partial charge in [0.15, 0.2) is 0 Å². The van der Waals surface area contributed by atoms with Gasteiger partial charge >= 0.3 is 0 Å². The first-order valence-corrected chi connectivity index (χ1v) is 8.70. The van der Waals surface area contributed by atoms with E-state index in [1.807, 2.05) is 11.4 Å². The molecule has 6 heteroatoms. The van der Waals surface area contributed by atoms with Gasteiger partial charge in [0, 0.05) is 7.05 Å². The van der Waals surface area contributed by atoms with E-state index in [9.17, 15) is 9.59 Å². The third-order valence-electron chi connectivity index (χ3n) is 3.31. The average Bonchev–Trinajstić information content (AvgIpc) is 3.04. The summed E-state index contributed by atoms with van der Waals surface area (Å²) in [5.41, 5.74) is 1.11. The molecular formula is C14H20N2O2S2. The van der Waals surface area contributed by atoms with Gasteiger partial charge in [-0.15, -0.1) is 11.8 Å². The van der Waals surface area contributed by atoms with Crippen molar-refractivity contribution in [2.75, 3.05) is 12.8 Å². The number of hydrogen-bond donors (Lipinski definition) is 1. The van der Waals surface area contributed by atoms with Gasteiger partial charge in [0.05, 0.1) is 5.75 Å². The molecule has 1 fully saturated rings. The minimum atomic E-state index is -0.382. The molecule has 1 aromatic rings. The normalized spacial score (nSPS) is 20.5. The summed E-state index contributed by atoms with van der Waals surface area (Å²) < 4.78 is 0. The topological polar surface area (TPSA) is 49.4 Å². The van der Waals surface area contributed by atoms with Crippen molar-refractivity contribution in [1.82, 2.24) is 10.2 Å². The number of carbonyl (C=O) groups is 2. The van der Waals surface area contributed by atoms with E-state index >= 15 is 0 Å². The molecule has 2 heterocycles. The molecule has 110 valence electrons. The van der Waals surface area contributed by atoms with Crippen LogP contribution in [0.4, 0.5) is 0 Å². The number of amides is 2. The number of carbonyl (C=O) groups excluding carboxylic acids is 2. The van der Waals surface area contributed by atoms with Crippen LogP contribution in [0.3, 0.4) is 0 Å². The predicted molar refractivity (Wildman–Crippen MR) is 83.7 cm³/mol. The first kappa shape index (κ1) is 15.4. The van der Waals surface area contributed by atoms with E-state index in [1.54, 1.807) is 35.0 Å². The van der Waals surface area contributed by atoms with Crippen molar-refractivity contribution in [1.29, 1.82) is 0 Å². The second-order valence-electron chi connectivity index (χ2n) is 5.28. The van der Waals surface area contributed by atoms with Gasteiger partial charge < -0.3 is 10.2 Å². The Morgan fingerprint density at radius 3 is 2.85 bits per heavy atom. The van der Waals surface area contributed by atoms with Gasteiger partial charge in [0.1, 0.15) is 11.4 Å². The molecule has 0 bridgehead atoms. The molecule has 0 unspecified atom stereocenters. The first-order chi connectivity index (χ1) is 9.54. The highest BCUT2D eigenvalue weighted by Crippen LogP contribution is 2.41. The van der Waals surface area contributed by atoms with Gasteiger partial charge in [-0.2, -0.15) is 11.3 Å². The summed E-state index contributed by atoms with van der Waals surface area (Å²) in [6.07, 6.45) is 0.687. The van der Waals surface area contributed by atoms with Crippen molar-refractivity contribution in [2.45, 2.75) is 31.7 Å². The van der Waals surface area contributed by atoms with Crippen LogP contribution in [0.25, 0.3) is 0 Å². The quantitative estimate of drug-likeness (QED) is 0.909. The lowest BCUT2D eigenvalue weighted by Crippen LogP contribution is -2.48. The van der Waals surface area contributed by atoms with Gasteiger partial charge in [-0.25, -0.2) is 0 Å². The fraction of sp³-hybridized carbons (Fsp3) is 0.571. The van der Waals surface area contributed by atoms with Crippen molar-refractivity contribution < 1.29 is 9.59 Å². The summed E-state index contributed by atoms with van der Waals surface area (Å²) in [7, 11) is 1.63. The number of rotatable bonds is 5. The highest BCUT2D eigenvalue weighted by Gasteiger charge is 2.40. The van der Waals surface area contributed by atoms with Crippen molar-refractivity contribution in [3.8, 4) is 0 Å². The highest BCUT2D eigenvalue weighted by molar-refractivity contribution is 8.00. The Labute approximate surface area is 127 Å². The lowest BCUT2D eigenvalue weighted by Gasteiger charge is -2.32. The molecule has 2 amide bonds. The lowest BCUT2D eigenvalue weighted by atomic mass is 10.0. The van der Waals surface area contributed by atoms with E-state index in [2.05, 4.69) is 24.5 Å². The summed E-state index contributed by atoms with van der Waals surface area (Å²) in [6, 6.07) is 1.65. The van der Waals surface area contributed by atoms with Crippen LogP contribution in [0, 0.1) is 5.92 Å². The predicted octanol–water partition coefficient (Wildman–Crippen LogP) is 2.48. The van der Waals surface area contributed by atoms with E-state index < -0.39 is 0 Å². The van der Waals surface area contributed by atoms with Gasteiger partial charge in [0.2, 0.25) is 11.8 Å². The van der Waals surface area contributed by atoms with Crippen LogP contribution < -0.4 is 5.32 Å². The van der Waals surface area contributed by atoms with Crippen molar-refractivity contribution in [3.05, 3.63) is 22.4 Å². The van der Waals surface area contributed by atoms with E-state index in [1.165, 1.54) is 0 Å². The summed E-state index contributed by atoms with van der Waals surface area (Å²) in [5, 5.41) is 6.72. The van der Waals surface area contributed by atoms with Crippen molar-refractivity contribution in [2.24, 2.45) is 5.92 Å². The maximum atomic E-state index is 12.3. The van der Waals surface area contributed by atoms with Gasteiger partial charge in [-0.05, 0) is 34.7 Å². The molecule has 0 aliphatic carbocycles. The summed E-state index contributed by atoms with van der Waals surface area (Å²) in [4.78, 5) is 26.2. The third kappa shape index (κ3) is 3.17. The van der Waals surface area contributed by atoms with Crippen LogP contribution in [0.1, 0.15) is 31.2 Å². The number of thiophene rings is 1.